The molecule has 0 unspecified atom stereocenters. The molecule has 2 rings (SSSR count). The highest BCUT2D eigenvalue weighted by Crippen LogP contribution is 2.33. The van der Waals surface area contributed by atoms with E-state index in [1.807, 2.05) is 0 Å². The molecule has 0 bridgehead atoms. The van der Waals surface area contributed by atoms with Gasteiger partial charge >= 0.3 is 5.97 Å². The number of carboxylic acids is 1. The van der Waals surface area contributed by atoms with Crippen LogP contribution in [-0.4, -0.2) is 18.2 Å². The molecule has 3 nitrogen and oxygen atoms in total. The first-order valence-electron chi connectivity index (χ1n) is 5.50. The molecule has 0 fully saturated rings. The lowest BCUT2D eigenvalue weighted by Gasteiger charge is -2.11. The van der Waals surface area contributed by atoms with Crippen molar-refractivity contribution in [2.75, 3.05) is 7.11 Å². The molecule has 0 saturated heterocycles. The van der Waals surface area contributed by atoms with Crippen LogP contribution in [0.15, 0.2) is 30.3 Å². The summed E-state index contributed by atoms with van der Waals surface area (Å²) < 4.78 is 44.9. The largest absolute Gasteiger partial charge is 0.496 e. The van der Waals surface area contributed by atoms with Gasteiger partial charge in [-0.3, -0.25) is 0 Å². The number of carboxylic acid groups (broad SMARTS) is 1. The molecule has 0 heterocycles. The molecule has 1 N–H and O–H groups in total. The van der Waals surface area contributed by atoms with Gasteiger partial charge in [0.1, 0.15) is 11.6 Å². The lowest BCUT2D eigenvalue weighted by Crippen LogP contribution is -1.99. The Morgan fingerprint density at radius 3 is 2.25 bits per heavy atom. The van der Waals surface area contributed by atoms with Crippen LogP contribution in [0.1, 0.15) is 10.4 Å². The summed E-state index contributed by atoms with van der Waals surface area (Å²) >= 11 is 0. The van der Waals surface area contributed by atoms with E-state index >= 15 is 0 Å². The Labute approximate surface area is 112 Å². The lowest BCUT2D eigenvalue weighted by molar-refractivity contribution is 0.0697. The molecule has 0 aliphatic carbocycles. The van der Waals surface area contributed by atoms with Gasteiger partial charge in [0.15, 0.2) is 11.6 Å². The van der Waals surface area contributed by atoms with E-state index in [1.54, 1.807) is 0 Å². The van der Waals surface area contributed by atoms with E-state index in [0.717, 1.165) is 6.07 Å². The zero-order valence-corrected chi connectivity index (χ0v) is 10.3. The zero-order chi connectivity index (χ0) is 14.9. The van der Waals surface area contributed by atoms with E-state index in [4.69, 9.17) is 9.84 Å². The third-order valence-electron chi connectivity index (χ3n) is 2.75. The standard InChI is InChI=1S/C14H9F3O3/c1-20-13-3-2-7(14(18)19)4-9(13)8-5-11(16)12(17)6-10(8)15/h2-6H,1H3,(H,18,19). The Morgan fingerprint density at radius 2 is 1.65 bits per heavy atom. The number of aromatic carboxylic acids is 1. The van der Waals surface area contributed by atoms with Gasteiger partial charge in [0.2, 0.25) is 0 Å². The topological polar surface area (TPSA) is 46.5 Å². The maximum Gasteiger partial charge on any atom is 0.335 e. The van der Waals surface area contributed by atoms with E-state index in [1.165, 1.54) is 19.2 Å². The first-order valence-corrected chi connectivity index (χ1v) is 5.50. The van der Waals surface area contributed by atoms with Crippen LogP contribution in [0.2, 0.25) is 0 Å². The van der Waals surface area contributed by atoms with Crippen molar-refractivity contribution in [3.8, 4) is 16.9 Å². The predicted molar refractivity (Wildman–Crippen MR) is 65.3 cm³/mol. The van der Waals surface area contributed by atoms with E-state index in [0.29, 0.717) is 12.1 Å². The second-order valence-electron chi connectivity index (χ2n) is 3.97. The number of hydrogen-bond donors (Lipinski definition) is 1. The Kier molecular flexibility index (Phi) is 3.65. The van der Waals surface area contributed by atoms with Crippen LogP contribution in [0.25, 0.3) is 11.1 Å². The average Bonchev–Trinajstić information content (AvgIpc) is 2.42. The summed E-state index contributed by atoms with van der Waals surface area (Å²) in [6, 6.07) is 4.78. The fraction of sp³-hybridized carbons (Fsp3) is 0.0714. The van der Waals surface area contributed by atoms with Gasteiger partial charge in [-0.2, -0.15) is 0 Å². The Balaban J connectivity index is 2.70. The quantitative estimate of drug-likeness (QED) is 0.877. The van der Waals surface area contributed by atoms with Crippen molar-refractivity contribution in [1.82, 2.24) is 0 Å². The van der Waals surface area contributed by atoms with Gasteiger partial charge in [0, 0.05) is 17.2 Å². The number of rotatable bonds is 3. The molecular weight excluding hydrogens is 273 g/mol. The molecular formula is C14H9F3O3. The minimum absolute atomic E-state index is 0.0313. The lowest BCUT2D eigenvalue weighted by atomic mass is 10.0. The van der Waals surface area contributed by atoms with Gasteiger partial charge in [0.05, 0.1) is 12.7 Å². The molecule has 2 aromatic rings. The van der Waals surface area contributed by atoms with Crippen LogP contribution in [0, 0.1) is 17.5 Å². The zero-order valence-electron chi connectivity index (χ0n) is 10.3. The number of methoxy groups -OCH3 is 1. The average molecular weight is 282 g/mol. The predicted octanol–water partition coefficient (Wildman–Crippen LogP) is 3.48. The molecule has 0 aliphatic heterocycles. The minimum atomic E-state index is -1.32. The molecule has 0 aliphatic rings. The number of hydrogen-bond acceptors (Lipinski definition) is 2. The van der Waals surface area contributed by atoms with Crippen molar-refractivity contribution >= 4 is 5.97 Å². The van der Waals surface area contributed by atoms with Crippen LogP contribution in [0.4, 0.5) is 13.2 Å². The van der Waals surface area contributed by atoms with Gasteiger partial charge in [-0.25, -0.2) is 18.0 Å². The first-order chi connectivity index (χ1) is 9.43. The van der Waals surface area contributed by atoms with Gasteiger partial charge in [-0.1, -0.05) is 0 Å². The normalized spacial score (nSPS) is 10.4. The summed E-state index contributed by atoms with van der Waals surface area (Å²) in [5, 5.41) is 8.92. The van der Waals surface area contributed by atoms with E-state index in [2.05, 4.69) is 0 Å². The minimum Gasteiger partial charge on any atom is -0.496 e. The van der Waals surface area contributed by atoms with Crippen LogP contribution < -0.4 is 4.74 Å². The Morgan fingerprint density at radius 1 is 1.00 bits per heavy atom. The Hall–Kier alpha value is -2.50. The number of benzene rings is 2. The number of ether oxygens (including phenoxy) is 1. The fourth-order valence-electron chi connectivity index (χ4n) is 1.78. The third kappa shape index (κ3) is 2.45. The summed E-state index contributed by atoms with van der Waals surface area (Å²) in [7, 11) is 1.30. The number of carbonyl (C=O) groups is 1. The highest BCUT2D eigenvalue weighted by molar-refractivity contribution is 5.90. The van der Waals surface area contributed by atoms with Gasteiger partial charge in [0.25, 0.3) is 0 Å². The molecule has 0 aromatic heterocycles. The molecule has 0 saturated carbocycles. The SMILES string of the molecule is COc1ccc(C(=O)O)cc1-c1cc(F)c(F)cc1F. The van der Waals surface area contributed by atoms with Crippen molar-refractivity contribution in [2.45, 2.75) is 0 Å². The maximum absolute atomic E-state index is 13.8. The van der Waals surface area contributed by atoms with E-state index in [9.17, 15) is 18.0 Å². The van der Waals surface area contributed by atoms with Crippen LogP contribution >= 0.6 is 0 Å². The molecule has 0 radical (unpaired) electrons. The van der Waals surface area contributed by atoms with Gasteiger partial charge in [-0.05, 0) is 24.3 Å². The maximum atomic E-state index is 13.8. The molecule has 2 aromatic carbocycles. The molecule has 0 atom stereocenters. The highest BCUT2D eigenvalue weighted by atomic mass is 19.2. The van der Waals surface area contributed by atoms with Gasteiger partial charge < -0.3 is 9.84 Å². The second-order valence-corrected chi connectivity index (χ2v) is 3.97. The summed E-state index contributed by atoms with van der Waals surface area (Å²) in [6.45, 7) is 0. The molecule has 20 heavy (non-hydrogen) atoms. The summed E-state index contributed by atoms with van der Waals surface area (Å²) in [4.78, 5) is 10.9. The van der Waals surface area contributed by atoms with Crippen LogP contribution in [-0.2, 0) is 0 Å². The third-order valence-corrected chi connectivity index (χ3v) is 2.75. The number of halogens is 3. The molecule has 6 heteroatoms. The summed E-state index contributed by atoms with van der Waals surface area (Å²) in [5.74, 6) is -4.63. The molecule has 0 amide bonds. The van der Waals surface area contributed by atoms with Crippen molar-refractivity contribution in [3.63, 3.8) is 0 Å². The van der Waals surface area contributed by atoms with E-state index in [-0.39, 0.29) is 22.4 Å². The second kappa shape index (κ2) is 5.24. The van der Waals surface area contributed by atoms with Crippen molar-refractivity contribution in [3.05, 3.63) is 53.3 Å². The molecule has 104 valence electrons. The van der Waals surface area contributed by atoms with Crippen molar-refractivity contribution in [2.24, 2.45) is 0 Å². The molecule has 0 spiro atoms. The summed E-state index contributed by atoms with van der Waals surface area (Å²) in [5.41, 5.74) is -0.363. The smallest absolute Gasteiger partial charge is 0.335 e. The first kappa shape index (κ1) is 13.9. The highest BCUT2D eigenvalue weighted by Gasteiger charge is 2.17. The van der Waals surface area contributed by atoms with E-state index < -0.39 is 23.4 Å². The van der Waals surface area contributed by atoms with Crippen molar-refractivity contribution < 1.29 is 27.8 Å². The van der Waals surface area contributed by atoms with Crippen LogP contribution in [0.3, 0.4) is 0 Å². The summed E-state index contributed by atoms with van der Waals surface area (Å²) in [6.07, 6.45) is 0. The van der Waals surface area contributed by atoms with Crippen molar-refractivity contribution in [1.29, 1.82) is 0 Å². The Bertz CT molecular complexity index is 684. The van der Waals surface area contributed by atoms with Crippen LogP contribution in [0.5, 0.6) is 5.75 Å². The monoisotopic (exact) mass is 282 g/mol. The van der Waals surface area contributed by atoms with Gasteiger partial charge in [-0.15, -0.1) is 0 Å². The fourth-order valence-corrected chi connectivity index (χ4v) is 1.78.